The second-order valence-corrected chi connectivity index (χ2v) is 7.23. The van der Waals surface area contributed by atoms with Gasteiger partial charge in [-0.1, -0.05) is 41.4 Å². The number of carboxylic acids is 1. The molecule has 0 aliphatic carbocycles. The van der Waals surface area contributed by atoms with Crippen LogP contribution in [0.25, 0.3) is 0 Å². The highest BCUT2D eigenvalue weighted by Gasteiger charge is 2.14. The average molecular weight is 448 g/mol. The van der Waals surface area contributed by atoms with E-state index < -0.39 is 24.1 Å². The Morgan fingerprint density at radius 1 is 1.03 bits per heavy atom. The molecule has 8 heteroatoms. The number of hydrogen-bond donors (Lipinski definition) is 2. The van der Waals surface area contributed by atoms with Crippen LogP contribution in [-0.4, -0.2) is 17.0 Å². The van der Waals surface area contributed by atoms with Gasteiger partial charge in [0.1, 0.15) is 18.2 Å². The first-order valence-electron chi connectivity index (χ1n) is 8.80. The number of ether oxygens (including phenoxy) is 1. The van der Waals surface area contributed by atoms with Crippen LogP contribution in [0.3, 0.4) is 0 Å². The van der Waals surface area contributed by atoms with Gasteiger partial charge in [0, 0.05) is 10.7 Å². The van der Waals surface area contributed by atoms with Crippen molar-refractivity contribution in [1.29, 1.82) is 0 Å². The maximum atomic E-state index is 14.0. The number of benzene rings is 3. The van der Waals surface area contributed by atoms with Crippen molar-refractivity contribution >= 4 is 40.8 Å². The van der Waals surface area contributed by atoms with Crippen molar-refractivity contribution in [3.8, 4) is 5.75 Å². The van der Waals surface area contributed by atoms with Crippen LogP contribution < -0.4 is 10.1 Å². The van der Waals surface area contributed by atoms with Crippen LogP contribution in [0.2, 0.25) is 10.0 Å². The molecule has 2 N–H and O–H groups in total. The quantitative estimate of drug-likeness (QED) is 0.494. The summed E-state index contributed by atoms with van der Waals surface area (Å²) >= 11 is 12.1. The molecule has 0 saturated carbocycles. The molecule has 0 spiro atoms. The Kier molecular flexibility index (Phi) is 6.92. The predicted molar refractivity (Wildman–Crippen MR) is 113 cm³/mol. The normalized spacial score (nSPS) is 10.5. The number of nitrogens with one attached hydrogen (secondary N) is 1. The van der Waals surface area contributed by atoms with Crippen LogP contribution in [0.5, 0.6) is 5.75 Å². The van der Waals surface area contributed by atoms with Gasteiger partial charge in [0.2, 0.25) is 0 Å². The smallest absolute Gasteiger partial charge is 0.307 e. The predicted octanol–water partition coefficient (Wildman–Crippen LogP) is 5.59. The monoisotopic (exact) mass is 447 g/mol. The van der Waals surface area contributed by atoms with Gasteiger partial charge < -0.3 is 15.2 Å². The minimum Gasteiger partial charge on any atom is -0.489 e. The summed E-state index contributed by atoms with van der Waals surface area (Å²) in [6.45, 7) is 0.250. The van der Waals surface area contributed by atoms with E-state index in [1.54, 1.807) is 18.2 Å². The molecule has 0 unspecified atom stereocenters. The molecular formula is C22H16Cl2FNO4. The molecule has 0 fully saturated rings. The van der Waals surface area contributed by atoms with Crippen molar-refractivity contribution < 1.29 is 23.8 Å². The van der Waals surface area contributed by atoms with Crippen LogP contribution in [0.15, 0.2) is 60.7 Å². The first kappa shape index (κ1) is 21.6. The van der Waals surface area contributed by atoms with Crippen molar-refractivity contribution in [3.05, 3.63) is 93.2 Å². The van der Waals surface area contributed by atoms with Gasteiger partial charge in [-0.3, -0.25) is 9.59 Å². The molecule has 0 radical (unpaired) electrons. The second-order valence-electron chi connectivity index (χ2n) is 6.39. The number of halogens is 3. The maximum Gasteiger partial charge on any atom is 0.307 e. The van der Waals surface area contributed by atoms with Gasteiger partial charge in [-0.2, -0.15) is 0 Å². The topological polar surface area (TPSA) is 75.6 Å². The molecule has 3 aromatic rings. The van der Waals surface area contributed by atoms with Crippen molar-refractivity contribution in [3.63, 3.8) is 0 Å². The molecule has 0 saturated heterocycles. The van der Waals surface area contributed by atoms with Gasteiger partial charge in [-0.25, -0.2) is 4.39 Å². The zero-order chi connectivity index (χ0) is 21.7. The van der Waals surface area contributed by atoms with E-state index in [0.29, 0.717) is 10.8 Å². The molecule has 1 amide bonds. The first-order chi connectivity index (χ1) is 14.3. The van der Waals surface area contributed by atoms with E-state index in [1.807, 2.05) is 12.1 Å². The van der Waals surface area contributed by atoms with Crippen LogP contribution in [0.4, 0.5) is 10.1 Å². The number of amides is 1. The summed E-state index contributed by atoms with van der Waals surface area (Å²) in [7, 11) is 0. The van der Waals surface area contributed by atoms with Gasteiger partial charge in [0.05, 0.1) is 17.0 Å². The molecule has 154 valence electrons. The molecule has 3 aromatic carbocycles. The van der Waals surface area contributed by atoms with Crippen molar-refractivity contribution in [2.75, 3.05) is 5.32 Å². The molecule has 5 nitrogen and oxygen atoms in total. The Balaban J connectivity index is 1.72. The van der Waals surface area contributed by atoms with Gasteiger partial charge in [-0.15, -0.1) is 0 Å². The van der Waals surface area contributed by atoms with Gasteiger partial charge in [-0.05, 0) is 53.6 Å². The van der Waals surface area contributed by atoms with E-state index in [2.05, 4.69) is 5.32 Å². The highest BCUT2D eigenvalue weighted by molar-refractivity contribution is 6.34. The summed E-state index contributed by atoms with van der Waals surface area (Å²) in [6.07, 6.45) is -0.447. The minimum atomic E-state index is -1.15. The van der Waals surface area contributed by atoms with Crippen LogP contribution in [0, 0.1) is 5.82 Å². The Morgan fingerprint density at radius 3 is 2.53 bits per heavy atom. The fourth-order valence-electron chi connectivity index (χ4n) is 2.69. The molecule has 0 atom stereocenters. The van der Waals surface area contributed by atoms with E-state index in [1.165, 1.54) is 24.3 Å². The largest absolute Gasteiger partial charge is 0.489 e. The zero-order valence-electron chi connectivity index (χ0n) is 15.5. The number of carboxylic acid groups (broad SMARTS) is 1. The lowest BCUT2D eigenvalue weighted by atomic mass is 10.1. The number of rotatable bonds is 7. The van der Waals surface area contributed by atoms with E-state index in [4.69, 9.17) is 33.0 Å². The zero-order valence-corrected chi connectivity index (χ0v) is 17.0. The Morgan fingerprint density at radius 2 is 1.83 bits per heavy atom. The SMILES string of the molecule is O=C(O)Cc1ccc(NC(=O)c2cc(OCc3cccc(Cl)c3)ccc2Cl)cc1F. The fourth-order valence-corrected chi connectivity index (χ4v) is 3.11. The summed E-state index contributed by atoms with van der Waals surface area (Å²) < 4.78 is 19.7. The third kappa shape index (κ3) is 5.72. The average Bonchev–Trinajstić information content (AvgIpc) is 2.69. The Labute approximate surface area is 182 Å². The fraction of sp³-hybridized carbons (Fsp3) is 0.0909. The summed E-state index contributed by atoms with van der Waals surface area (Å²) in [5.74, 6) is -2.00. The third-order valence-corrected chi connectivity index (χ3v) is 4.69. The molecule has 0 aliphatic rings. The molecule has 30 heavy (non-hydrogen) atoms. The van der Waals surface area contributed by atoms with E-state index in [9.17, 15) is 14.0 Å². The molecule has 3 rings (SSSR count). The Hall–Kier alpha value is -3.09. The molecule has 0 bridgehead atoms. The van der Waals surface area contributed by atoms with Crippen LogP contribution in [0.1, 0.15) is 21.5 Å². The summed E-state index contributed by atoms with van der Waals surface area (Å²) in [5, 5.41) is 12.1. The third-order valence-electron chi connectivity index (χ3n) is 4.13. The van der Waals surface area contributed by atoms with Crippen LogP contribution in [-0.2, 0) is 17.8 Å². The highest BCUT2D eigenvalue weighted by Crippen LogP contribution is 2.25. The number of aliphatic carboxylic acids is 1. The van der Waals surface area contributed by atoms with Crippen molar-refractivity contribution in [2.45, 2.75) is 13.0 Å². The molecule has 0 aromatic heterocycles. The number of carbonyl (C=O) groups excluding carboxylic acids is 1. The molecular weight excluding hydrogens is 432 g/mol. The summed E-state index contributed by atoms with van der Waals surface area (Å²) in [6, 6.07) is 15.6. The lowest BCUT2D eigenvalue weighted by Crippen LogP contribution is -2.13. The van der Waals surface area contributed by atoms with Gasteiger partial charge >= 0.3 is 5.97 Å². The van der Waals surface area contributed by atoms with E-state index in [-0.39, 0.29) is 28.4 Å². The number of anilines is 1. The number of carbonyl (C=O) groups is 2. The second kappa shape index (κ2) is 9.61. The lowest BCUT2D eigenvalue weighted by molar-refractivity contribution is -0.136. The number of hydrogen-bond acceptors (Lipinski definition) is 3. The summed E-state index contributed by atoms with van der Waals surface area (Å²) in [5.41, 5.74) is 1.21. The lowest BCUT2D eigenvalue weighted by Gasteiger charge is -2.11. The summed E-state index contributed by atoms with van der Waals surface area (Å²) in [4.78, 5) is 23.3. The Bertz CT molecular complexity index is 1100. The van der Waals surface area contributed by atoms with Crippen LogP contribution >= 0.6 is 23.2 Å². The van der Waals surface area contributed by atoms with Gasteiger partial charge in [0.25, 0.3) is 5.91 Å². The highest BCUT2D eigenvalue weighted by atomic mass is 35.5. The van der Waals surface area contributed by atoms with Gasteiger partial charge in [0.15, 0.2) is 0 Å². The molecule has 0 aliphatic heterocycles. The van der Waals surface area contributed by atoms with Crippen molar-refractivity contribution in [2.24, 2.45) is 0 Å². The molecule has 0 heterocycles. The van der Waals surface area contributed by atoms with E-state index in [0.717, 1.165) is 11.6 Å². The maximum absolute atomic E-state index is 14.0. The first-order valence-corrected chi connectivity index (χ1v) is 9.56. The van der Waals surface area contributed by atoms with E-state index >= 15 is 0 Å². The minimum absolute atomic E-state index is 0.0231. The van der Waals surface area contributed by atoms with Crippen molar-refractivity contribution in [1.82, 2.24) is 0 Å². The standard InChI is InChI=1S/C22H16Cl2FNO4/c23-15-3-1-2-13(8-15)12-30-17-6-7-19(24)18(11-17)22(29)26-16-5-4-14(9-21(27)28)20(25)10-16/h1-8,10-11H,9,12H2,(H,26,29)(H,27,28).